The van der Waals surface area contributed by atoms with E-state index in [-0.39, 0.29) is 0 Å². The smallest absolute Gasteiger partial charge is 0.0589 e. The lowest BCUT2D eigenvalue weighted by molar-refractivity contribution is 0.145. The van der Waals surface area contributed by atoms with Gasteiger partial charge in [0.15, 0.2) is 0 Å². The fraction of sp³-hybridized carbons (Fsp3) is 1.00. The van der Waals surface area contributed by atoms with Gasteiger partial charge in [0.1, 0.15) is 0 Å². The van der Waals surface area contributed by atoms with Crippen LogP contribution in [0.4, 0.5) is 0 Å². The van der Waals surface area contributed by atoms with Gasteiger partial charge in [-0.1, -0.05) is 22.9 Å². The predicted molar refractivity (Wildman–Crippen MR) is 50.0 cm³/mol. The lowest BCUT2D eigenvalue weighted by atomic mass is 10.0. The number of aliphatic hydroxyl groups excluding tert-OH is 1. The minimum Gasteiger partial charge on any atom is -0.395 e. The van der Waals surface area contributed by atoms with Crippen LogP contribution in [0.5, 0.6) is 0 Å². The molecule has 0 saturated carbocycles. The normalized spacial score (nSPS) is 33.0. The van der Waals surface area contributed by atoms with Gasteiger partial charge in [-0.15, -0.1) is 0 Å². The van der Waals surface area contributed by atoms with Crippen LogP contribution in [-0.4, -0.2) is 41.1 Å². The van der Waals surface area contributed by atoms with Gasteiger partial charge >= 0.3 is 0 Å². The van der Waals surface area contributed by atoms with Crippen LogP contribution in [0, 0.1) is 5.92 Å². The Morgan fingerprint density at radius 2 is 2.36 bits per heavy atom. The van der Waals surface area contributed by atoms with Crippen LogP contribution in [0.15, 0.2) is 0 Å². The molecule has 0 spiro atoms. The molecule has 0 radical (unpaired) electrons. The lowest BCUT2D eigenvalue weighted by Crippen LogP contribution is -2.36. The van der Waals surface area contributed by atoms with Gasteiger partial charge in [-0.3, -0.25) is 4.90 Å². The van der Waals surface area contributed by atoms with Crippen molar-refractivity contribution in [2.45, 2.75) is 19.4 Å². The maximum Gasteiger partial charge on any atom is 0.0589 e. The molecule has 1 N–H and O–H groups in total. The Kier molecular flexibility index (Phi) is 3.82. The highest BCUT2D eigenvalue weighted by Gasteiger charge is 2.29. The highest BCUT2D eigenvalue weighted by Crippen LogP contribution is 2.22. The molecule has 0 aromatic rings. The molecule has 66 valence electrons. The molecule has 2 unspecified atom stereocenters. The maximum absolute atomic E-state index is 9.08. The first-order chi connectivity index (χ1) is 5.29. The largest absolute Gasteiger partial charge is 0.395 e. The Bertz CT molecular complexity index is 119. The number of aliphatic hydroxyl groups is 1. The van der Waals surface area contributed by atoms with E-state index >= 15 is 0 Å². The Hall–Kier alpha value is 0.400. The summed E-state index contributed by atoms with van der Waals surface area (Å²) in [5.74, 6) is 0.666. The molecule has 1 fully saturated rings. The van der Waals surface area contributed by atoms with Crippen LogP contribution in [0.2, 0.25) is 0 Å². The summed E-state index contributed by atoms with van der Waals surface area (Å²) in [5, 5.41) is 10.1. The maximum atomic E-state index is 9.08. The first-order valence-corrected chi connectivity index (χ1v) is 5.32. The van der Waals surface area contributed by atoms with Crippen molar-refractivity contribution in [3.8, 4) is 0 Å². The van der Waals surface area contributed by atoms with E-state index in [0.717, 1.165) is 18.4 Å². The van der Waals surface area contributed by atoms with Crippen molar-refractivity contribution >= 4 is 15.9 Å². The molecule has 0 aromatic carbocycles. The molecule has 1 aliphatic heterocycles. The van der Waals surface area contributed by atoms with Gasteiger partial charge in [-0.2, -0.15) is 0 Å². The van der Waals surface area contributed by atoms with Gasteiger partial charge < -0.3 is 5.11 Å². The van der Waals surface area contributed by atoms with Crippen LogP contribution in [0.1, 0.15) is 13.3 Å². The summed E-state index contributed by atoms with van der Waals surface area (Å²) in [7, 11) is 0. The molecule has 1 aliphatic rings. The van der Waals surface area contributed by atoms with Crippen molar-refractivity contribution in [2.75, 3.05) is 25.0 Å². The van der Waals surface area contributed by atoms with E-state index in [1.165, 1.54) is 6.42 Å². The molecule has 0 aliphatic carbocycles. The minimum absolute atomic E-state index is 0.314. The van der Waals surface area contributed by atoms with Crippen LogP contribution < -0.4 is 0 Å². The van der Waals surface area contributed by atoms with Gasteiger partial charge in [0, 0.05) is 17.9 Å². The monoisotopic (exact) mass is 221 g/mol. The second-order valence-corrected chi connectivity index (χ2v) is 4.03. The topological polar surface area (TPSA) is 23.5 Å². The Balaban J connectivity index is 2.40. The zero-order valence-electron chi connectivity index (χ0n) is 6.96. The molecular formula is C8H16BrNO. The molecular weight excluding hydrogens is 206 g/mol. The molecule has 2 atom stereocenters. The van der Waals surface area contributed by atoms with Crippen molar-refractivity contribution in [3.05, 3.63) is 0 Å². The zero-order valence-corrected chi connectivity index (χ0v) is 8.55. The van der Waals surface area contributed by atoms with E-state index in [1.54, 1.807) is 0 Å². The van der Waals surface area contributed by atoms with Gasteiger partial charge in [0.25, 0.3) is 0 Å². The molecule has 0 amide bonds. The first-order valence-electron chi connectivity index (χ1n) is 4.20. The number of halogens is 1. The van der Waals surface area contributed by atoms with E-state index in [0.29, 0.717) is 18.6 Å². The summed E-state index contributed by atoms with van der Waals surface area (Å²) in [4.78, 5) is 2.36. The SMILES string of the molecule is CC1CCN(CCBr)C1CO. The third-order valence-corrected chi connectivity index (χ3v) is 2.91. The van der Waals surface area contributed by atoms with Crippen molar-refractivity contribution in [2.24, 2.45) is 5.92 Å². The van der Waals surface area contributed by atoms with Gasteiger partial charge in [0.05, 0.1) is 6.61 Å². The molecule has 1 saturated heterocycles. The van der Waals surface area contributed by atoms with E-state index in [1.807, 2.05) is 0 Å². The summed E-state index contributed by atoms with van der Waals surface area (Å²) in [6.45, 7) is 4.75. The minimum atomic E-state index is 0.314. The van der Waals surface area contributed by atoms with Gasteiger partial charge in [-0.05, 0) is 18.9 Å². The van der Waals surface area contributed by atoms with Gasteiger partial charge in [-0.25, -0.2) is 0 Å². The second-order valence-electron chi connectivity index (χ2n) is 3.24. The van der Waals surface area contributed by atoms with Crippen molar-refractivity contribution in [3.63, 3.8) is 0 Å². The summed E-state index contributed by atoms with van der Waals surface area (Å²) >= 11 is 3.41. The number of hydrogen-bond acceptors (Lipinski definition) is 2. The second kappa shape index (κ2) is 4.43. The molecule has 1 heterocycles. The highest BCUT2D eigenvalue weighted by molar-refractivity contribution is 9.09. The van der Waals surface area contributed by atoms with E-state index < -0.39 is 0 Å². The number of hydrogen-bond donors (Lipinski definition) is 1. The predicted octanol–water partition coefficient (Wildman–Crippen LogP) is 1.08. The zero-order chi connectivity index (χ0) is 8.27. The van der Waals surface area contributed by atoms with E-state index in [2.05, 4.69) is 27.8 Å². The Morgan fingerprint density at radius 1 is 1.64 bits per heavy atom. The molecule has 2 nitrogen and oxygen atoms in total. The van der Waals surface area contributed by atoms with Crippen LogP contribution in [0.3, 0.4) is 0 Å². The number of alkyl halides is 1. The Morgan fingerprint density at radius 3 is 2.91 bits per heavy atom. The quantitative estimate of drug-likeness (QED) is 0.722. The van der Waals surface area contributed by atoms with Crippen LogP contribution >= 0.6 is 15.9 Å². The van der Waals surface area contributed by atoms with Crippen LogP contribution in [-0.2, 0) is 0 Å². The van der Waals surface area contributed by atoms with Crippen LogP contribution in [0.25, 0.3) is 0 Å². The molecule has 0 bridgehead atoms. The standard InChI is InChI=1S/C8H16BrNO/c1-7-2-4-10(5-3-9)8(7)6-11/h7-8,11H,2-6H2,1H3. The number of nitrogens with zero attached hydrogens (tertiary/aromatic N) is 1. The molecule has 1 rings (SSSR count). The van der Waals surface area contributed by atoms with E-state index in [9.17, 15) is 0 Å². The third-order valence-electron chi connectivity index (χ3n) is 2.56. The molecule has 0 aromatic heterocycles. The molecule has 3 heteroatoms. The fourth-order valence-corrected chi connectivity index (χ4v) is 2.22. The summed E-state index contributed by atoms with van der Waals surface area (Å²) < 4.78 is 0. The summed E-state index contributed by atoms with van der Waals surface area (Å²) in [6, 6.07) is 0.410. The van der Waals surface area contributed by atoms with Crippen molar-refractivity contribution in [1.29, 1.82) is 0 Å². The average Bonchev–Trinajstić information content (AvgIpc) is 2.33. The highest BCUT2D eigenvalue weighted by atomic mass is 79.9. The van der Waals surface area contributed by atoms with Gasteiger partial charge in [0.2, 0.25) is 0 Å². The number of likely N-dealkylation sites (tertiary alicyclic amines) is 1. The molecule has 11 heavy (non-hydrogen) atoms. The summed E-state index contributed by atoms with van der Waals surface area (Å²) in [5.41, 5.74) is 0. The van der Waals surface area contributed by atoms with E-state index in [4.69, 9.17) is 5.11 Å². The fourth-order valence-electron chi connectivity index (χ4n) is 1.77. The Labute approximate surface area is 76.7 Å². The number of rotatable bonds is 3. The lowest BCUT2D eigenvalue weighted by Gasteiger charge is -2.23. The third kappa shape index (κ3) is 2.17. The average molecular weight is 222 g/mol. The van der Waals surface area contributed by atoms with Crippen molar-refractivity contribution < 1.29 is 5.11 Å². The summed E-state index contributed by atoms with van der Waals surface area (Å²) in [6.07, 6.45) is 1.23. The first kappa shape index (κ1) is 9.49. The van der Waals surface area contributed by atoms with Crippen molar-refractivity contribution in [1.82, 2.24) is 4.90 Å².